The highest BCUT2D eigenvalue weighted by Gasteiger charge is 2.30. The molecule has 2 rings (SSSR count). The molecule has 26 heavy (non-hydrogen) atoms. The van der Waals surface area contributed by atoms with E-state index in [1.165, 1.54) is 12.1 Å². The molecule has 136 valence electrons. The van der Waals surface area contributed by atoms with Crippen molar-refractivity contribution >= 4 is 11.6 Å². The number of benzene rings is 2. The second kappa shape index (κ2) is 8.36. The van der Waals surface area contributed by atoms with Crippen molar-refractivity contribution in [3.63, 3.8) is 0 Å². The second-order valence-corrected chi connectivity index (χ2v) is 5.60. The fraction of sp³-hybridized carbons (Fsp3) is 0.222. The maximum Gasteiger partial charge on any atom is 0.573 e. The van der Waals surface area contributed by atoms with Gasteiger partial charge in [-0.25, -0.2) is 0 Å². The van der Waals surface area contributed by atoms with Crippen LogP contribution in [-0.4, -0.2) is 30.8 Å². The molecular weight excluding hydrogens is 347 g/mol. The van der Waals surface area contributed by atoms with Gasteiger partial charge in [-0.05, 0) is 49.0 Å². The SMILES string of the molecule is CN(CC(=O)Nc1ccc(OC(F)(F)F)cc1)Cc1ccc(C#N)cc1. The fourth-order valence-corrected chi connectivity index (χ4v) is 2.24. The molecule has 1 N–H and O–H groups in total. The minimum absolute atomic E-state index is 0.0980. The minimum atomic E-state index is -4.75. The maximum absolute atomic E-state index is 12.1. The topological polar surface area (TPSA) is 65.4 Å². The maximum atomic E-state index is 12.1. The van der Waals surface area contributed by atoms with Crippen LogP contribution in [0.2, 0.25) is 0 Å². The van der Waals surface area contributed by atoms with E-state index in [1.54, 1.807) is 24.1 Å². The Labute approximate surface area is 148 Å². The molecule has 2 aromatic carbocycles. The van der Waals surface area contributed by atoms with E-state index in [2.05, 4.69) is 10.1 Å². The van der Waals surface area contributed by atoms with Crippen LogP contribution in [0.3, 0.4) is 0 Å². The van der Waals surface area contributed by atoms with E-state index in [-0.39, 0.29) is 18.2 Å². The number of alkyl halides is 3. The van der Waals surface area contributed by atoms with E-state index < -0.39 is 6.36 Å². The van der Waals surface area contributed by atoms with E-state index in [4.69, 9.17) is 5.26 Å². The number of ether oxygens (including phenoxy) is 1. The van der Waals surface area contributed by atoms with Crippen LogP contribution < -0.4 is 10.1 Å². The van der Waals surface area contributed by atoms with Crippen LogP contribution in [-0.2, 0) is 11.3 Å². The lowest BCUT2D eigenvalue weighted by molar-refractivity contribution is -0.274. The van der Waals surface area contributed by atoms with Gasteiger partial charge in [0.05, 0.1) is 18.2 Å². The first-order valence-electron chi connectivity index (χ1n) is 7.58. The molecule has 0 saturated heterocycles. The Morgan fingerprint density at radius 2 is 1.77 bits per heavy atom. The van der Waals surface area contributed by atoms with Gasteiger partial charge >= 0.3 is 6.36 Å². The Bertz CT molecular complexity index is 781. The molecule has 0 fully saturated rings. The summed E-state index contributed by atoms with van der Waals surface area (Å²) in [5, 5.41) is 11.4. The zero-order valence-electron chi connectivity index (χ0n) is 13.9. The third-order valence-electron chi connectivity index (χ3n) is 3.32. The summed E-state index contributed by atoms with van der Waals surface area (Å²) in [6.45, 7) is 0.609. The summed E-state index contributed by atoms with van der Waals surface area (Å²) < 4.78 is 40.1. The standard InChI is InChI=1S/C18H16F3N3O2/c1-24(11-14-4-2-13(10-22)3-5-14)12-17(25)23-15-6-8-16(9-7-15)26-18(19,20)21/h2-9H,11-12H2,1H3,(H,23,25). The summed E-state index contributed by atoms with van der Waals surface area (Å²) in [5.74, 6) is -0.654. The number of hydrogen-bond acceptors (Lipinski definition) is 4. The minimum Gasteiger partial charge on any atom is -0.406 e. The number of halogens is 3. The van der Waals surface area contributed by atoms with Crippen LogP contribution in [0, 0.1) is 11.3 Å². The molecule has 0 aliphatic heterocycles. The molecule has 8 heteroatoms. The molecule has 1 amide bonds. The molecule has 0 unspecified atom stereocenters. The number of anilines is 1. The zero-order valence-corrected chi connectivity index (χ0v) is 13.9. The van der Waals surface area contributed by atoms with Gasteiger partial charge in [-0.3, -0.25) is 9.69 Å². The summed E-state index contributed by atoms with van der Waals surface area (Å²) in [7, 11) is 1.76. The van der Waals surface area contributed by atoms with Crippen molar-refractivity contribution in [2.45, 2.75) is 12.9 Å². The van der Waals surface area contributed by atoms with Crippen LogP contribution in [0.15, 0.2) is 48.5 Å². The van der Waals surface area contributed by atoms with Gasteiger partial charge in [-0.1, -0.05) is 12.1 Å². The van der Waals surface area contributed by atoms with Crippen LogP contribution in [0.25, 0.3) is 0 Å². The molecule has 2 aromatic rings. The van der Waals surface area contributed by atoms with Crippen LogP contribution >= 0.6 is 0 Å². The number of carbonyl (C=O) groups excluding carboxylic acids is 1. The second-order valence-electron chi connectivity index (χ2n) is 5.60. The summed E-state index contributed by atoms with van der Waals surface area (Å²) >= 11 is 0. The first kappa shape index (κ1) is 19.3. The van der Waals surface area contributed by atoms with Crippen molar-refractivity contribution in [1.82, 2.24) is 4.90 Å². The van der Waals surface area contributed by atoms with Gasteiger partial charge in [0.2, 0.25) is 5.91 Å². The lowest BCUT2D eigenvalue weighted by Gasteiger charge is -2.16. The van der Waals surface area contributed by atoms with Gasteiger partial charge in [0.1, 0.15) is 5.75 Å². The van der Waals surface area contributed by atoms with Gasteiger partial charge in [0.15, 0.2) is 0 Å². The smallest absolute Gasteiger partial charge is 0.406 e. The predicted octanol–water partition coefficient (Wildman–Crippen LogP) is 3.53. The predicted molar refractivity (Wildman–Crippen MR) is 89.2 cm³/mol. The molecule has 0 saturated carbocycles. The molecular formula is C18H16F3N3O2. The van der Waals surface area contributed by atoms with Gasteiger partial charge in [0.25, 0.3) is 0 Å². The third-order valence-corrected chi connectivity index (χ3v) is 3.32. The largest absolute Gasteiger partial charge is 0.573 e. The molecule has 0 atom stereocenters. The summed E-state index contributed by atoms with van der Waals surface area (Å²) in [5.41, 5.74) is 1.89. The Balaban J connectivity index is 1.84. The number of amides is 1. The molecule has 0 spiro atoms. The lowest BCUT2D eigenvalue weighted by atomic mass is 10.1. The van der Waals surface area contributed by atoms with Crippen LogP contribution in [0.5, 0.6) is 5.75 Å². The molecule has 0 aliphatic carbocycles. The summed E-state index contributed by atoms with van der Waals surface area (Å²) in [6, 6.07) is 14.0. The van der Waals surface area contributed by atoms with Crippen LogP contribution in [0.1, 0.15) is 11.1 Å². The summed E-state index contributed by atoms with van der Waals surface area (Å²) in [4.78, 5) is 13.8. The Morgan fingerprint density at radius 3 is 2.31 bits per heavy atom. The van der Waals surface area contributed by atoms with E-state index in [1.807, 2.05) is 18.2 Å². The number of rotatable bonds is 6. The van der Waals surface area contributed by atoms with E-state index in [0.717, 1.165) is 17.7 Å². The number of nitrogens with one attached hydrogen (secondary N) is 1. The number of likely N-dealkylation sites (N-methyl/N-ethyl adjacent to an activating group) is 1. The van der Waals surface area contributed by atoms with E-state index >= 15 is 0 Å². The average molecular weight is 363 g/mol. The van der Waals surface area contributed by atoms with Crippen molar-refractivity contribution in [1.29, 1.82) is 5.26 Å². The molecule has 0 heterocycles. The normalized spacial score (nSPS) is 11.1. The average Bonchev–Trinajstić information content (AvgIpc) is 2.56. The van der Waals surface area contributed by atoms with Gasteiger partial charge in [0, 0.05) is 12.2 Å². The Morgan fingerprint density at radius 1 is 1.15 bits per heavy atom. The molecule has 0 radical (unpaired) electrons. The molecule has 0 aromatic heterocycles. The first-order chi connectivity index (χ1) is 12.2. The van der Waals surface area contributed by atoms with Crippen molar-refractivity contribution in [3.05, 3.63) is 59.7 Å². The molecule has 0 bridgehead atoms. The monoisotopic (exact) mass is 363 g/mol. The zero-order chi connectivity index (χ0) is 19.2. The quantitative estimate of drug-likeness (QED) is 0.853. The van der Waals surface area contributed by atoms with Crippen LogP contribution in [0.4, 0.5) is 18.9 Å². The Hall–Kier alpha value is -3.05. The van der Waals surface area contributed by atoms with Crippen molar-refractivity contribution in [2.24, 2.45) is 0 Å². The molecule has 0 aliphatic rings. The number of nitrogens with zero attached hydrogens (tertiary/aromatic N) is 2. The number of nitriles is 1. The highest BCUT2D eigenvalue weighted by Crippen LogP contribution is 2.23. The first-order valence-corrected chi connectivity index (χ1v) is 7.58. The Kier molecular flexibility index (Phi) is 6.20. The van der Waals surface area contributed by atoms with Gasteiger partial charge < -0.3 is 10.1 Å². The van der Waals surface area contributed by atoms with Gasteiger partial charge in [-0.2, -0.15) is 5.26 Å². The van der Waals surface area contributed by atoms with E-state index in [9.17, 15) is 18.0 Å². The van der Waals surface area contributed by atoms with Crippen molar-refractivity contribution < 1.29 is 22.7 Å². The van der Waals surface area contributed by atoms with Crippen molar-refractivity contribution in [2.75, 3.05) is 18.9 Å². The number of hydrogen-bond donors (Lipinski definition) is 1. The lowest BCUT2D eigenvalue weighted by Crippen LogP contribution is -2.29. The fourth-order valence-electron chi connectivity index (χ4n) is 2.24. The van der Waals surface area contributed by atoms with Gasteiger partial charge in [-0.15, -0.1) is 13.2 Å². The highest BCUT2D eigenvalue weighted by atomic mass is 19.4. The summed E-state index contributed by atoms with van der Waals surface area (Å²) in [6.07, 6.45) is -4.75. The third kappa shape index (κ3) is 6.45. The highest BCUT2D eigenvalue weighted by molar-refractivity contribution is 5.92. The van der Waals surface area contributed by atoms with Crippen molar-refractivity contribution in [3.8, 4) is 11.8 Å². The van der Waals surface area contributed by atoms with E-state index in [0.29, 0.717) is 17.8 Å². The molecule has 5 nitrogen and oxygen atoms in total. The number of carbonyl (C=O) groups is 1.